The van der Waals surface area contributed by atoms with Crippen LogP contribution in [0.3, 0.4) is 0 Å². The molecule has 18 heavy (non-hydrogen) atoms. The summed E-state index contributed by atoms with van der Waals surface area (Å²) < 4.78 is 2.10. The van der Waals surface area contributed by atoms with E-state index in [0.717, 1.165) is 29.7 Å². The summed E-state index contributed by atoms with van der Waals surface area (Å²) >= 11 is 0. The smallest absolute Gasteiger partial charge is 0.106 e. The summed E-state index contributed by atoms with van der Waals surface area (Å²) in [4.78, 5) is 4.56. The lowest BCUT2D eigenvalue weighted by Gasteiger charge is -2.16. The molecule has 1 heterocycles. The molecule has 1 atom stereocenters. The monoisotopic (exact) mass is 247 g/mol. The Hall–Kier alpha value is -1.39. The Morgan fingerprint density at radius 1 is 1.44 bits per heavy atom. The van der Waals surface area contributed by atoms with Crippen LogP contribution in [0.5, 0.6) is 0 Å². The third-order valence-corrected chi connectivity index (χ3v) is 3.53. The van der Waals surface area contributed by atoms with E-state index >= 15 is 0 Å². The molecule has 1 aromatic carbocycles. The quantitative estimate of drug-likeness (QED) is 0.848. The van der Waals surface area contributed by atoms with Crippen LogP contribution in [-0.4, -0.2) is 28.3 Å². The van der Waals surface area contributed by atoms with E-state index in [1.807, 2.05) is 21.0 Å². The second kappa shape index (κ2) is 5.50. The molecule has 0 aliphatic carbocycles. The lowest BCUT2D eigenvalue weighted by Crippen LogP contribution is -2.16. The first kappa shape index (κ1) is 13.1. The fourth-order valence-corrected chi connectivity index (χ4v) is 2.33. The molecular formula is C14H21N3O. The number of nitrogens with one attached hydrogen (secondary N) is 1. The summed E-state index contributed by atoms with van der Waals surface area (Å²) in [7, 11) is 3.99. The number of aryl methyl sites for hydroxylation is 2. The van der Waals surface area contributed by atoms with Crippen molar-refractivity contribution in [2.24, 2.45) is 7.05 Å². The van der Waals surface area contributed by atoms with Gasteiger partial charge in [-0.3, -0.25) is 0 Å². The molecule has 98 valence electrons. The van der Waals surface area contributed by atoms with Crippen LogP contribution >= 0.6 is 0 Å². The Labute approximate surface area is 108 Å². The molecule has 2 rings (SSSR count). The van der Waals surface area contributed by atoms with Crippen molar-refractivity contribution in [3.8, 4) is 0 Å². The largest absolute Gasteiger partial charge is 0.396 e. The molecule has 1 aromatic heterocycles. The van der Waals surface area contributed by atoms with Gasteiger partial charge < -0.3 is 15.0 Å². The first-order valence-electron chi connectivity index (χ1n) is 6.38. The summed E-state index contributed by atoms with van der Waals surface area (Å²) in [6.07, 6.45) is 1.75. The van der Waals surface area contributed by atoms with Gasteiger partial charge in [-0.1, -0.05) is 6.07 Å². The van der Waals surface area contributed by atoms with Crippen molar-refractivity contribution < 1.29 is 5.11 Å². The molecular weight excluding hydrogens is 226 g/mol. The standard InChI is InChI=1S/C14H21N3O/c1-10-16-13-9-11(6-7-14(13)17(10)3)12(15-2)5-4-8-18/h6-7,9,12,15,18H,4-5,8H2,1-3H3. The van der Waals surface area contributed by atoms with E-state index in [1.165, 1.54) is 5.56 Å². The number of hydrogen-bond donors (Lipinski definition) is 2. The first-order chi connectivity index (χ1) is 8.67. The number of nitrogens with zero attached hydrogens (tertiary/aromatic N) is 2. The molecule has 0 radical (unpaired) electrons. The number of imidazole rings is 1. The number of aliphatic hydroxyl groups is 1. The molecule has 1 unspecified atom stereocenters. The van der Waals surface area contributed by atoms with Crippen LogP contribution in [0.15, 0.2) is 18.2 Å². The van der Waals surface area contributed by atoms with Gasteiger partial charge in [0, 0.05) is 19.7 Å². The van der Waals surface area contributed by atoms with Crippen molar-refractivity contribution in [1.29, 1.82) is 0 Å². The third-order valence-electron chi connectivity index (χ3n) is 3.53. The second-order valence-electron chi connectivity index (χ2n) is 4.67. The normalized spacial score (nSPS) is 13.1. The van der Waals surface area contributed by atoms with Crippen molar-refractivity contribution in [2.45, 2.75) is 25.8 Å². The van der Waals surface area contributed by atoms with Crippen LogP contribution in [0.2, 0.25) is 0 Å². The number of aromatic nitrogens is 2. The molecule has 0 aliphatic heterocycles. The zero-order valence-corrected chi connectivity index (χ0v) is 11.3. The van der Waals surface area contributed by atoms with Gasteiger partial charge in [0.2, 0.25) is 0 Å². The predicted octanol–water partition coefficient (Wildman–Crippen LogP) is 1.91. The highest BCUT2D eigenvalue weighted by atomic mass is 16.2. The van der Waals surface area contributed by atoms with Gasteiger partial charge >= 0.3 is 0 Å². The van der Waals surface area contributed by atoms with E-state index in [0.29, 0.717) is 0 Å². The van der Waals surface area contributed by atoms with Crippen LogP contribution in [0, 0.1) is 6.92 Å². The van der Waals surface area contributed by atoms with Crippen LogP contribution in [-0.2, 0) is 7.05 Å². The first-order valence-corrected chi connectivity index (χ1v) is 6.38. The number of benzene rings is 1. The number of aliphatic hydroxyl groups excluding tert-OH is 1. The van der Waals surface area contributed by atoms with E-state index in [1.54, 1.807) is 0 Å². The van der Waals surface area contributed by atoms with Gasteiger partial charge in [0.1, 0.15) is 5.82 Å². The third kappa shape index (κ3) is 2.40. The Kier molecular flexibility index (Phi) is 3.99. The van der Waals surface area contributed by atoms with Gasteiger partial charge in [0.05, 0.1) is 11.0 Å². The summed E-state index contributed by atoms with van der Waals surface area (Å²) in [6, 6.07) is 6.68. The van der Waals surface area contributed by atoms with Crippen molar-refractivity contribution in [1.82, 2.24) is 14.9 Å². The van der Waals surface area contributed by atoms with Gasteiger partial charge in [-0.25, -0.2) is 4.98 Å². The van der Waals surface area contributed by atoms with Crippen LogP contribution in [0.25, 0.3) is 11.0 Å². The van der Waals surface area contributed by atoms with E-state index in [4.69, 9.17) is 5.11 Å². The fourth-order valence-electron chi connectivity index (χ4n) is 2.33. The highest BCUT2D eigenvalue weighted by molar-refractivity contribution is 5.76. The maximum atomic E-state index is 8.93. The van der Waals surface area contributed by atoms with Crippen molar-refractivity contribution in [2.75, 3.05) is 13.7 Å². The second-order valence-corrected chi connectivity index (χ2v) is 4.67. The Balaban J connectivity index is 2.33. The van der Waals surface area contributed by atoms with Gasteiger partial charge in [-0.2, -0.15) is 0 Å². The fraction of sp³-hybridized carbons (Fsp3) is 0.500. The van der Waals surface area contributed by atoms with Crippen LogP contribution < -0.4 is 5.32 Å². The Morgan fingerprint density at radius 2 is 2.22 bits per heavy atom. The van der Waals surface area contributed by atoms with E-state index in [2.05, 4.69) is 33.1 Å². The number of hydrogen-bond acceptors (Lipinski definition) is 3. The number of fused-ring (bicyclic) bond motifs is 1. The molecule has 0 spiro atoms. The number of rotatable bonds is 5. The molecule has 0 amide bonds. The molecule has 4 nitrogen and oxygen atoms in total. The van der Waals surface area contributed by atoms with E-state index in [9.17, 15) is 0 Å². The highest BCUT2D eigenvalue weighted by Gasteiger charge is 2.11. The maximum absolute atomic E-state index is 8.93. The molecule has 4 heteroatoms. The van der Waals surface area contributed by atoms with Gasteiger partial charge in [0.15, 0.2) is 0 Å². The lowest BCUT2D eigenvalue weighted by molar-refractivity contribution is 0.276. The lowest BCUT2D eigenvalue weighted by atomic mass is 10.0. The molecule has 0 fully saturated rings. The summed E-state index contributed by atoms with van der Waals surface area (Å²) in [6.45, 7) is 2.25. The molecule has 0 saturated carbocycles. The summed E-state index contributed by atoms with van der Waals surface area (Å²) in [5.74, 6) is 1.03. The Morgan fingerprint density at radius 3 is 2.89 bits per heavy atom. The highest BCUT2D eigenvalue weighted by Crippen LogP contribution is 2.23. The summed E-state index contributed by atoms with van der Waals surface area (Å²) in [5, 5.41) is 12.2. The van der Waals surface area contributed by atoms with Crippen molar-refractivity contribution in [3.63, 3.8) is 0 Å². The topological polar surface area (TPSA) is 50.1 Å². The molecule has 0 saturated heterocycles. The Bertz CT molecular complexity index is 533. The summed E-state index contributed by atoms with van der Waals surface area (Å²) in [5.41, 5.74) is 3.43. The SMILES string of the molecule is CNC(CCCO)c1ccc2c(c1)nc(C)n2C. The average molecular weight is 247 g/mol. The zero-order valence-electron chi connectivity index (χ0n) is 11.3. The molecule has 0 bridgehead atoms. The minimum atomic E-state index is 0.239. The van der Waals surface area contributed by atoms with Crippen molar-refractivity contribution >= 4 is 11.0 Å². The molecule has 2 aromatic rings. The van der Waals surface area contributed by atoms with Crippen LogP contribution in [0.1, 0.15) is 30.3 Å². The average Bonchev–Trinajstić information content (AvgIpc) is 2.66. The minimum Gasteiger partial charge on any atom is -0.396 e. The van der Waals surface area contributed by atoms with Crippen molar-refractivity contribution in [3.05, 3.63) is 29.6 Å². The van der Waals surface area contributed by atoms with Gasteiger partial charge in [-0.15, -0.1) is 0 Å². The molecule has 0 aliphatic rings. The van der Waals surface area contributed by atoms with E-state index in [-0.39, 0.29) is 12.6 Å². The van der Waals surface area contributed by atoms with Crippen LogP contribution in [0.4, 0.5) is 0 Å². The molecule has 2 N–H and O–H groups in total. The van der Waals surface area contributed by atoms with E-state index < -0.39 is 0 Å². The van der Waals surface area contributed by atoms with Gasteiger partial charge in [-0.05, 0) is 44.5 Å². The maximum Gasteiger partial charge on any atom is 0.106 e. The zero-order chi connectivity index (χ0) is 13.1. The van der Waals surface area contributed by atoms with Gasteiger partial charge in [0.25, 0.3) is 0 Å². The predicted molar refractivity (Wildman–Crippen MR) is 73.6 cm³/mol. The minimum absolute atomic E-state index is 0.239.